The van der Waals surface area contributed by atoms with Gasteiger partial charge in [0.25, 0.3) is 0 Å². The van der Waals surface area contributed by atoms with Crippen LogP contribution in [0.1, 0.15) is 15.9 Å². The molecule has 0 saturated carbocycles. The van der Waals surface area contributed by atoms with Gasteiger partial charge in [0.15, 0.2) is 0 Å². The molecule has 0 aliphatic rings. The van der Waals surface area contributed by atoms with Crippen molar-refractivity contribution in [3.05, 3.63) is 35.1 Å². The van der Waals surface area contributed by atoms with Gasteiger partial charge in [-0.15, -0.1) is 5.10 Å². The minimum atomic E-state index is -1.27. The number of nitrogens with zero attached hydrogens (tertiary/aromatic N) is 4. The van der Waals surface area contributed by atoms with Gasteiger partial charge in [-0.3, -0.25) is 0 Å². The second-order valence-electron chi connectivity index (χ2n) is 3.49. The zero-order valence-electron chi connectivity index (χ0n) is 9.37. The summed E-state index contributed by atoms with van der Waals surface area (Å²) >= 11 is 1.34. The zero-order valence-corrected chi connectivity index (χ0v) is 10.2. The SMILES string of the molecule is Cn1nnnc1SCc1ccc(C(=O)O)c(F)c1. The molecular formula is C10H9FN4O2S. The number of carbonyl (C=O) groups is 1. The fourth-order valence-electron chi connectivity index (χ4n) is 1.31. The van der Waals surface area contributed by atoms with Crippen LogP contribution in [0.2, 0.25) is 0 Å². The van der Waals surface area contributed by atoms with Crippen LogP contribution in [0, 0.1) is 5.82 Å². The van der Waals surface area contributed by atoms with Crippen molar-refractivity contribution >= 4 is 17.7 Å². The molecule has 6 nitrogen and oxygen atoms in total. The first kappa shape index (κ1) is 12.5. The van der Waals surface area contributed by atoms with Crippen molar-refractivity contribution < 1.29 is 14.3 Å². The van der Waals surface area contributed by atoms with Gasteiger partial charge in [-0.1, -0.05) is 17.8 Å². The summed E-state index contributed by atoms with van der Waals surface area (Å²) in [5.41, 5.74) is 0.342. The maximum atomic E-state index is 13.4. The van der Waals surface area contributed by atoms with Crippen LogP contribution in [0.15, 0.2) is 23.4 Å². The van der Waals surface area contributed by atoms with E-state index in [-0.39, 0.29) is 5.56 Å². The summed E-state index contributed by atoms with van der Waals surface area (Å²) in [5.74, 6) is -1.55. The van der Waals surface area contributed by atoms with Crippen LogP contribution >= 0.6 is 11.8 Å². The molecule has 18 heavy (non-hydrogen) atoms. The van der Waals surface area contributed by atoms with Crippen LogP contribution in [0.25, 0.3) is 0 Å². The monoisotopic (exact) mass is 268 g/mol. The van der Waals surface area contributed by atoms with Crippen LogP contribution < -0.4 is 0 Å². The van der Waals surface area contributed by atoms with Gasteiger partial charge in [0, 0.05) is 12.8 Å². The lowest BCUT2D eigenvalue weighted by Gasteiger charge is -2.02. The minimum absolute atomic E-state index is 0.330. The highest BCUT2D eigenvalue weighted by Gasteiger charge is 2.11. The quantitative estimate of drug-likeness (QED) is 0.843. The second-order valence-corrected chi connectivity index (χ2v) is 4.44. The van der Waals surface area contributed by atoms with Gasteiger partial charge < -0.3 is 5.11 Å². The predicted molar refractivity (Wildman–Crippen MR) is 61.7 cm³/mol. The van der Waals surface area contributed by atoms with Gasteiger partial charge in [-0.25, -0.2) is 13.9 Å². The van der Waals surface area contributed by atoms with Crippen LogP contribution in [0.3, 0.4) is 0 Å². The van der Waals surface area contributed by atoms with Crippen molar-refractivity contribution in [1.82, 2.24) is 20.2 Å². The number of aromatic carboxylic acids is 1. The van der Waals surface area contributed by atoms with Gasteiger partial charge in [0.2, 0.25) is 5.16 Å². The Morgan fingerprint density at radius 2 is 2.33 bits per heavy atom. The number of aryl methyl sites for hydroxylation is 1. The third kappa shape index (κ3) is 2.65. The van der Waals surface area contributed by atoms with Crippen molar-refractivity contribution in [3.63, 3.8) is 0 Å². The number of hydrogen-bond acceptors (Lipinski definition) is 5. The maximum Gasteiger partial charge on any atom is 0.338 e. The van der Waals surface area contributed by atoms with Crippen molar-refractivity contribution in [2.75, 3.05) is 0 Å². The average Bonchev–Trinajstić information content (AvgIpc) is 2.72. The molecule has 94 valence electrons. The van der Waals surface area contributed by atoms with Crippen LogP contribution in [0.4, 0.5) is 4.39 Å². The van der Waals surface area contributed by atoms with E-state index in [1.54, 1.807) is 13.1 Å². The number of aromatic nitrogens is 4. The highest BCUT2D eigenvalue weighted by atomic mass is 32.2. The Morgan fingerprint density at radius 3 is 2.89 bits per heavy atom. The third-order valence-corrected chi connectivity index (χ3v) is 3.29. The van der Waals surface area contributed by atoms with E-state index in [1.807, 2.05) is 0 Å². The Bertz CT molecular complexity index is 587. The highest BCUT2D eigenvalue weighted by molar-refractivity contribution is 7.98. The fourth-order valence-corrected chi connectivity index (χ4v) is 2.11. The molecule has 0 aliphatic heterocycles. The van der Waals surface area contributed by atoms with Gasteiger partial charge in [0.1, 0.15) is 5.82 Å². The number of rotatable bonds is 4. The number of benzene rings is 1. The number of carboxylic acids is 1. The lowest BCUT2D eigenvalue weighted by Crippen LogP contribution is -2.01. The average molecular weight is 268 g/mol. The molecule has 0 radical (unpaired) electrons. The van der Waals surface area contributed by atoms with Crippen molar-refractivity contribution in [1.29, 1.82) is 0 Å². The molecule has 0 unspecified atom stereocenters. The molecule has 0 bridgehead atoms. The molecule has 2 aromatic rings. The number of hydrogen-bond donors (Lipinski definition) is 1. The first-order chi connectivity index (χ1) is 8.58. The molecule has 0 saturated heterocycles. The van der Waals surface area contributed by atoms with E-state index in [1.165, 1.54) is 28.6 Å². The summed E-state index contributed by atoms with van der Waals surface area (Å²) in [7, 11) is 1.70. The molecule has 0 atom stereocenters. The Morgan fingerprint density at radius 1 is 1.56 bits per heavy atom. The van der Waals surface area contributed by atoms with Crippen molar-refractivity contribution in [2.24, 2.45) is 7.05 Å². The molecule has 1 aromatic carbocycles. The molecule has 1 N–H and O–H groups in total. The molecule has 1 aromatic heterocycles. The van der Waals surface area contributed by atoms with E-state index in [2.05, 4.69) is 15.5 Å². The van der Waals surface area contributed by atoms with E-state index in [9.17, 15) is 9.18 Å². The zero-order chi connectivity index (χ0) is 13.1. The summed E-state index contributed by atoms with van der Waals surface area (Å²) in [6.45, 7) is 0. The van der Waals surface area contributed by atoms with Crippen LogP contribution in [-0.2, 0) is 12.8 Å². The summed E-state index contributed by atoms with van der Waals surface area (Å²) in [6, 6.07) is 4.03. The smallest absolute Gasteiger partial charge is 0.338 e. The Kier molecular flexibility index (Phi) is 3.56. The van der Waals surface area contributed by atoms with Crippen LogP contribution in [0.5, 0.6) is 0 Å². The van der Waals surface area contributed by atoms with E-state index in [0.717, 1.165) is 0 Å². The minimum Gasteiger partial charge on any atom is -0.478 e. The lowest BCUT2D eigenvalue weighted by atomic mass is 10.1. The highest BCUT2D eigenvalue weighted by Crippen LogP contribution is 2.20. The molecule has 0 spiro atoms. The maximum absolute atomic E-state index is 13.4. The first-order valence-corrected chi connectivity index (χ1v) is 5.93. The summed E-state index contributed by atoms with van der Waals surface area (Å²) in [5, 5.41) is 20.2. The lowest BCUT2D eigenvalue weighted by molar-refractivity contribution is 0.0692. The first-order valence-electron chi connectivity index (χ1n) is 4.95. The number of halogens is 1. The molecule has 8 heteroatoms. The second kappa shape index (κ2) is 5.13. The molecule has 1 heterocycles. The van der Waals surface area contributed by atoms with Gasteiger partial charge in [-0.2, -0.15) is 0 Å². The van der Waals surface area contributed by atoms with E-state index < -0.39 is 11.8 Å². The van der Waals surface area contributed by atoms with E-state index in [0.29, 0.717) is 16.5 Å². The Hall–Kier alpha value is -1.96. The molecular weight excluding hydrogens is 259 g/mol. The molecule has 0 aliphatic carbocycles. The standard InChI is InChI=1S/C10H9FN4O2S/c1-15-10(12-13-14-15)18-5-6-2-3-7(9(16)17)8(11)4-6/h2-4H,5H2,1H3,(H,16,17). The fraction of sp³-hybridized carbons (Fsp3) is 0.200. The number of tetrazole rings is 1. The van der Waals surface area contributed by atoms with Crippen molar-refractivity contribution in [3.8, 4) is 0 Å². The topological polar surface area (TPSA) is 80.9 Å². The Labute approximate surface area is 106 Å². The molecule has 0 amide bonds. The van der Waals surface area contributed by atoms with Gasteiger partial charge >= 0.3 is 5.97 Å². The van der Waals surface area contributed by atoms with E-state index in [4.69, 9.17) is 5.11 Å². The molecule has 0 fully saturated rings. The third-order valence-electron chi connectivity index (χ3n) is 2.21. The number of thioether (sulfide) groups is 1. The van der Waals surface area contributed by atoms with Gasteiger partial charge in [-0.05, 0) is 28.1 Å². The summed E-state index contributed by atoms with van der Waals surface area (Å²) in [4.78, 5) is 10.6. The van der Waals surface area contributed by atoms with Gasteiger partial charge in [0.05, 0.1) is 5.56 Å². The summed E-state index contributed by atoms with van der Waals surface area (Å²) < 4.78 is 14.9. The largest absolute Gasteiger partial charge is 0.478 e. The predicted octanol–water partition coefficient (Wildman–Crippen LogP) is 1.34. The van der Waals surface area contributed by atoms with Crippen molar-refractivity contribution in [2.45, 2.75) is 10.9 Å². The normalized spacial score (nSPS) is 10.6. The Balaban J connectivity index is 2.09. The number of carboxylic acid groups (broad SMARTS) is 1. The summed E-state index contributed by atoms with van der Waals surface area (Å²) in [6.07, 6.45) is 0. The van der Waals surface area contributed by atoms with E-state index >= 15 is 0 Å². The van der Waals surface area contributed by atoms with Crippen LogP contribution in [-0.4, -0.2) is 31.3 Å². The molecule has 2 rings (SSSR count).